The number of likely N-dealkylation sites (N-methyl/N-ethyl adjacent to an activating group) is 1. The molecule has 26 heavy (non-hydrogen) atoms. The Kier molecular flexibility index (Phi) is 5.56. The molecule has 6 heteroatoms. The zero-order valence-corrected chi connectivity index (χ0v) is 16.5. The van der Waals surface area contributed by atoms with Crippen LogP contribution in [0.2, 0.25) is 10.0 Å². The third-order valence-corrected chi connectivity index (χ3v) is 4.91. The molecule has 0 saturated heterocycles. The molecule has 2 aromatic carbocycles. The number of halogens is 2. The van der Waals surface area contributed by atoms with E-state index in [1.54, 1.807) is 18.2 Å². The summed E-state index contributed by atoms with van der Waals surface area (Å²) in [4.78, 5) is 18.1. The number of nitrogens with one attached hydrogen (secondary N) is 2. The molecule has 0 spiro atoms. The summed E-state index contributed by atoms with van der Waals surface area (Å²) in [5, 5.41) is 4.89. The van der Waals surface area contributed by atoms with Gasteiger partial charge in [-0.25, -0.2) is 0 Å². The van der Waals surface area contributed by atoms with E-state index < -0.39 is 0 Å². The van der Waals surface area contributed by atoms with Crippen molar-refractivity contribution in [2.75, 3.05) is 26.0 Å². The molecule has 2 N–H and O–H groups in total. The maximum absolute atomic E-state index is 12.5. The van der Waals surface area contributed by atoms with Crippen LogP contribution in [-0.4, -0.2) is 36.4 Å². The molecule has 0 saturated carbocycles. The number of H-pyrrole nitrogens is 1. The predicted molar refractivity (Wildman–Crippen MR) is 110 cm³/mol. The lowest BCUT2D eigenvalue weighted by atomic mass is 10.1. The fourth-order valence-corrected chi connectivity index (χ4v) is 3.48. The minimum Gasteiger partial charge on any atom is -0.358 e. The Bertz CT molecular complexity index is 963. The number of fused-ring (bicyclic) bond motifs is 1. The molecule has 0 fully saturated rings. The predicted octanol–water partition coefficient (Wildman–Crippen LogP) is 5.14. The van der Waals surface area contributed by atoms with E-state index in [0.29, 0.717) is 15.6 Å². The molecule has 136 valence electrons. The van der Waals surface area contributed by atoms with Gasteiger partial charge in [0.25, 0.3) is 5.91 Å². The van der Waals surface area contributed by atoms with Crippen molar-refractivity contribution in [2.45, 2.75) is 13.3 Å². The average Bonchev–Trinajstić information content (AvgIpc) is 2.87. The smallest absolute Gasteiger partial charge is 0.257 e. The summed E-state index contributed by atoms with van der Waals surface area (Å²) in [5.41, 5.74) is 4.63. The van der Waals surface area contributed by atoms with Crippen molar-refractivity contribution in [3.05, 3.63) is 63.3 Å². The summed E-state index contributed by atoms with van der Waals surface area (Å²) in [6, 6.07) is 10.7. The first kappa shape index (κ1) is 18.8. The van der Waals surface area contributed by atoms with Gasteiger partial charge in [-0.05, 0) is 69.4 Å². The Labute approximate surface area is 163 Å². The van der Waals surface area contributed by atoms with Gasteiger partial charge in [0, 0.05) is 33.9 Å². The van der Waals surface area contributed by atoms with Crippen LogP contribution < -0.4 is 5.32 Å². The Balaban J connectivity index is 1.88. The number of aryl methyl sites for hydroxylation is 1. The normalized spacial score (nSPS) is 11.3. The standard InChI is InChI=1S/C20H21Cl2N3O/c1-12-15(8-9-25(2)3)17-11-14(5-7-19(17)23-12)24-20(26)16-6-4-13(21)10-18(16)22/h4-7,10-11,23H,8-9H2,1-3H3,(H,24,26). The Morgan fingerprint density at radius 3 is 2.62 bits per heavy atom. The van der Waals surface area contributed by atoms with Crippen LogP contribution in [0, 0.1) is 6.92 Å². The minimum absolute atomic E-state index is 0.256. The average molecular weight is 390 g/mol. The number of rotatable bonds is 5. The van der Waals surface area contributed by atoms with Crippen molar-refractivity contribution in [1.82, 2.24) is 9.88 Å². The van der Waals surface area contributed by atoms with Gasteiger partial charge in [-0.15, -0.1) is 0 Å². The number of anilines is 1. The van der Waals surface area contributed by atoms with Crippen molar-refractivity contribution in [1.29, 1.82) is 0 Å². The van der Waals surface area contributed by atoms with E-state index in [4.69, 9.17) is 23.2 Å². The lowest BCUT2D eigenvalue weighted by Crippen LogP contribution is -2.15. The van der Waals surface area contributed by atoms with Gasteiger partial charge >= 0.3 is 0 Å². The van der Waals surface area contributed by atoms with E-state index in [9.17, 15) is 4.79 Å². The van der Waals surface area contributed by atoms with Crippen LogP contribution in [0.15, 0.2) is 36.4 Å². The van der Waals surface area contributed by atoms with E-state index in [-0.39, 0.29) is 5.91 Å². The van der Waals surface area contributed by atoms with Crippen LogP contribution in [0.3, 0.4) is 0 Å². The highest BCUT2D eigenvalue weighted by molar-refractivity contribution is 6.37. The molecule has 0 aliphatic rings. The summed E-state index contributed by atoms with van der Waals surface area (Å²) in [5.74, 6) is -0.256. The van der Waals surface area contributed by atoms with Gasteiger partial charge in [-0.3, -0.25) is 4.79 Å². The molecule has 0 radical (unpaired) electrons. The zero-order valence-electron chi connectivity index (χ0n) is 15.0. The van der Waals surface area contributed by atoms with E-state index in [1.807, 2.05) is 18.2 Å². The first-order chi connectivity index (χ1) is 12.3. The number of hydrogen-bond donors (Lipinski definition) is 2. The van der Waals surface area contributed by atoms with Gasteiger partial charge in [0.15, 0.2) is 0 Å². The minimum atomic E-state index is -0.256. The maximum Gasteiger partial charge on any atom is 0.257 e. The number of carbonyl (C=O) groups excluding carboxylic acids is 1. The van der Waals surface area contributed by atoms with Crippen LogP contribution in [0.5, 0.6) is 0 Å². The lowest BCUT2D eigenvalue weighted by molar-refractivity contribution is 0.102. The molecule has 0 bridgehead atoms. The topological polar surface area (TPSA) is 48.1 Å². The van der Waals surface area contributed by atoms with Gasteiger partial charge in [-0.2, -0.15) is 0 Å². The Morgan fingerprint density at radius 2 is 1.92 bits per heavy atom. The van der Waals surface area contributed by atoms with Gasteiger partial charge < -0.3 is 15.2 Å². The van der Waals surface area contributed by atoms with E-state index in [1.165, 1.54) is 5.56 Å². The summed E-state index contributed by atoms with van der Waals surface area (Å²) in [7, 11) is 4.12. The monoisotopic (exact) mass is 389 g/mol. The van der Waals surface area contributed by atoms with Gasteiger partial charge in [0.05, 0.1) is 10.6 Å². The van der Waals surface area contributed by atoms with E-state index in [2.05, 4.69) is 36.2 Å². The molecule has 4 nitrogen and oxygen atoms in total. The van der Waals surface area contributed by atoms with Crippen LogP contribution in [0.4, 0.5) is 5.69 Å². The van der Waals surface area contributed by atoms with Gasteiger partial charge in [0.2, 0.25) is 0 Å². The second-order valence-corrected chi connectivity index (χ2v) is 7.46. The summed E-state index contributed by atoms with van der Waals surface area (Å²) in [6.45, 7) is 3.04. The summed E-state index contributed by atoms with van der Waals surface area (Å²) >= 11 is 12.0. The quantitative estimate of drug-likeness (QED) is 0.634. The lowest BCUT2D eigenvalue weighted by Gasteiger charge is -2.10. The molecular weight excluding hydrogens is 369 g/mol. The molecule has 0 aliphatic carbocycles. The molecule has 0 aliphatic heterocycles. The van der Waals surface area contributed by atoms with E-state index >= 15 is 0 Å². The van der Waals surface area contributed by atoms with Crippen LogP contribution in [0.25, 0.3) is 10.9 Å². The van der Waals surface area contributed by atoms with E-state index in [0.717, 1.165) is 35.2 Å². The fraction of sp³-hybridized carbons (Fsp3) is 0.250. The third-order valence-electron chi connectivity index (χ3n) is 4.36. The number of nitrogens with zero attached hydrogens (tertiary/aromatic N) is 1. The van der Waals surface area contributed by atoms with Gasteiger partial charge in [-0.1, -0.05) is 23.2 Å². The summed E-state index contributed by atoms with van der Waals surface area (Å²) < 4.78 is 0. The maximum atomic E-state index is 12.5. The largest absolute Gasteiger partial charge is 0.358 e. The number of aromatic amines is 1. The molecular formula is C20H21Cl2N3O. The number of amides is 1. The van der Waals surface area contributed by atoms with Crippen molar-refractivity contribution in [3.8, 4) is 0 Å². The summed E-state index contributed by atoms with van der Waals surface area (Å²) in [6.07, 6.45) is 0.944. The molecule has 0 atom stereocenters. The second kappa shape index (κ2) is 7.70. The highest BCUT2D eigenvalue weighted by Crippen LogP contribution is 2.27. The highest BCUT2D eigenvalue weighted by Gasteiger charge is 2.13. The number of hydrogen-bond acceptors (Lipinski definition) is 2. The molecule has 1 amide bonds. The first-order valence-electron chi connectivity index (χ1n) is 8.37. The van der Waals surface area contributed by atoms with Crippen molar-refractivity contribution in [2.24, 2.45) is 0 Å². The number of benzene rings is 2. The van der Waals surface area contributed by atoms with Crippen LogP contribution in [0.1, 0.15) is 21.6 Å². The van der Waals surface area contributed by atoms with Crippen LogP contribution >= 0.6 is 23.2 Å². The molecule has 1 heterocycles. The number of aromatic nitrogens is 1. The molecule has 1 aromatic heterocycles. The van der Waals surface area contributed by atoms with Crippen molar-refractivity contribution < 1.29 is 4.79 Å². The Hall–Kier alpha value is -2.01. The molecule has 3 rings (SSSR count). The SMILES string of the molecule is Cc1[nH]c2ccc(NC(=O)c3ccc(Cl)cc3Cl)cc2c1CCN(C)C. The van der Waals surface area contributed by atoms with Crippen molar-refractivity contribution >= 4 is 45.7 Å². The second-order valence-electron chi connectivity index (χ2n) is 6.62. The van der Waals surface area contributed by atoms with Gasteiger partial charge in [0.1, 0.15) is 0 Å². The zero-order chi connectivity index (χ0) is 18.8. The van der Waals surface area contributed by atoms with Crippen LogP contribution in [-0.2, 0) is 6.42 Å². The first-order valence-corrected chi connectivity index (χ1v) is 9.13. The number of carbonyl (C=O) groups is 1. The molecule has 3 aromatic rings. The Morgan fingerprint density at radius 1 is 1.15 bits per heavy atom. The van der Waals surface area contributed by atoms with Crippen molar-refractivity contribution in [3.63, 3.8) is 0 Å². The highest BCUT2D eigenvalue weighted by atomic mass is 35.5. The third kappa shape index (κ3) is 4.04. The fourth-order valence-electron chi connectivity index (χ4n) is 2.99. The molecule has 0 unspecified atom stereocenters.